The zero-order valence-electron chi connectivity index (χ0n) is 12.9. The Kier molecular flexibility index (Phi) is 3.41. The minimum absolute atomic E-state index is 0.477. The van der Waals surface area contributed by atoms with E-state index < -0.39 is 0 Å². The number of nitrogens with two attached hydrogens (primary N) is 1. The molecule has 4 aliphatic rings. The zero-order chi connectivity index (χ0) is 14.3. The van der Waals surface area contributed by atoms with Crippen molar-refractivity contribution in [1.29, 1.82) is 0 Å². The summed E-state index contributed by atoms with van der Waals surface area (Å²) in [6.45, 7) is 0.767. The highest BCUT2D eigenvalue weighted by atomic mass is 14.6. The Balaban J connectivity index is 1.73. The molecule has 4 fully saturated rings. The maximum Gasteiger partial charge on any atom is -0.00363 e. The van der Waals surface area contributed by atoms with E-state index in [4.69, 9.17) is 5.73 Å². The molecule has 112 valence electrons. The number of rotatable bonds is 4. The lowest BCUT2D eigenvalue weighted by Gasteiger charge is -2.58. The van der Waals surface area contributed by atoms with Gasteiger partial charge < -0.3 is 5.73 Å². The van der Waals surface area contributed by atoms with Gasteiger partial charge in [0.25, 0.3) is 0 Å². The molecule has 0 aliphatic heterocycles. The number of hydrogen-bond donors (Lipinski definition) is 1. The van der Waals surface area contributed by atoms with Crippen LogP contribution >= 0.6 is 0 Å². The summed E-state index contributed by atoms with van der Waals surface area (Å²) in [5.41, 5.74) is 9.36. The summed E-state index contributed by atoms with van der Waals surface area (Å²) in [6, 6.07) is 11.1. The van der Waals surface area contributed by atoms with Crippen LogP contribution in [0.25, 0.3) is 5.57 Å². The largest absolute Gasteiger partial charge is 0.330 e. The van der Waals surface area contributed by atoms with Crippen LogP contribution in [0.4, 0.5) is 0 Å². The molecule has 0 atom stereocenters. The van der Waals surface area contributed by atoms with E-state index in [1.54, 1.807) is 5.57 Å². The Morgan fingerprint density at radius 1 is 1.00 bits per heavy atom. The third-order valence-corrected chi connectivity index (χ3v) is 6.21. The molecular weight excluding hydrogens is 254 g/mol. The maximum absolute atomic E-state index is 5.80. The molecule has 0 radical (unpaired) electrons. The van der Waals surface area contributed by atoms with Gasteiger partial charge in [0.05, 0.1) is 0 Å². The van der Waals surface area contributed by atoms with Gasteiger partial charge in [0.1, 0.15) is 0 Å². The summed E-state index contributed by atoms with van der Waals surface area (Å²) in [4.78, 5) is 0. The average Bonchev–Trinajstić information content (AvgIpc) is 2.47. The second-order valence-electron chi connectivity index (χ2n) is 7.76. The molecule has 0 saturated heterocycles. The Labute approximate surface area is 128 Å². The lowest BCUT2D eigenvalue weighted by molar-refractivity contribution is -0.0178. The zero-order valence-corrected chi connectivity index (χ0v) is 12.9. The molecule has 1 aromatic carbocycles. The first-order chi connectivity index (χ1) is 10.3. The normalized spacial score (nSPS) is 38.0. The van der Waals surface area contributed by atoms with Crippen LogP contribution in [-0.4, -0.2) is 6.54 Å². The summed E-state index contributed by atoms with van der Waals surface area (Å²) in [6.07, 6.45) is 12.3. The molecule has 0 heterocycles. The smallest absolute Gasteiger partial charge is 0.00363 e. The fraction of sp³-hybridized carbons (Fsp3) is 0.600. The van der Waals surface area contributed by atoms with Gasteiger partial charge in [-0.3, -0.25) is 0 Å². The number of allylic oxidation sites excluding steroid dienone is 1. The molecule has 0 aromatic heterocycles. The van der Waals surface area contributed by atoms with Gasteiger partial charge in [-0.1, -0.05) is 36.4 Å². The van der Waals surface area contributed by atoms with Crippen LogP contribution in [0.15, 0.2) is 36.4 Å². The van der Waals surface area contributed by atoms with Gasteiger partial charge in [-0.2, -0.15) is 0 Å². The average molecular weight is 281 g/mol. The standard InChI is InChI=1S/C20H27N/c21-8-4-7-19(18-5-2-1-3-6-18)20-12-15-9-16(13-20)11-17(10-15)14-20/h1-3,5-7,15-17H,4,8-14,21H2. The van der Waals surface area contributed by atoms with Crippen molar-refractivity contribution in [2.24, 2.45) is 28.9 Å². The Morgan fingerprint density at radius 2 is 1.57 bits per heavy atom. The summed E-state index contributed by atoms with van der Waals surface area (Å²) < 4.78 is 0. The van der Waals surface area contributed by atoms with Crippen molar-refractivity contribution in [2.45, 2.75) is 44.9 Å². The second-order valence-corrected chi connectivity index (χ2v) is 7.76. The third kappa shape index (κ3) is 2.36. The minimum Gasteiger partial charge on any atom is -0.330 e. The third-order valence-electron chi connectivity index (χ3n) is 6.21. The van der Waals surface area contributed by atoms with E-state index in [-0.39, 0.29) is 0 Å². The summed E-state index contributed by atoms with van der Waals surface area (Å²) in [5, 5.41) is 0. The van der Waals surface area contributed by atoms with Gasteiger partial charge in [0, 0.05) is 0 Å². The summed E-state index contributed by atoms with van der Waals surface area (Å²) in [5.74, 6) is 3.00. The van der Waals surface area contributed by atoms with Crippen LogP contribution in [0, 0.1) is 23.2 Å². The molecule has 4 saturated carbocycles. The van der Waals surface area contributed by atoms with Crippen molar-refractivity contribution in [3.63, 3.8) is 0 Å². The minimum atomic E-state index is 0.477. The topological polar surface area (TPSA) is 26.0 Å². The SMILES string of the molecule is NCCC=C(c1ccccc1)C12CC3CC(CC(C3)C1)C2. The molecular formula is C20H27N. The first kappa shape index (κ1) is 13.6. The van der Waals surface area contributed by atoms with E-state index in [1.807, 2.05) is 0 Å². The molecule has 4 bridgehead atoms. The predicted octanol–water partition coefficient (Wildman–Crippen LogP) is 4.64. The van der Waals surface area contributed by atoms with E-state index in [0.717, 1.165) is 30.7 Å². The molecule has 5 rings (SSSR count). The van der Waals surface area contributed by atoms with Crippen LogP contribution in [-0.2, 0) is 0 Å². The van der Waals surface area contributed by atoms with E-state index in [0.29, 0.717) is 5.41 Å². The molecule has 0 spiro atoms. The summed E-state index contributed by atoms with van der Waals surface area (Å²) in [7, 11) is 0. The first-order valence-corrected chi connectivity index (χ1v) is 8.75. The fourth-order valence-corrected chi connectivity index (χ4v) is 5.93. The number of benzene rings is 1. The quantitative estimate of drug-likeness (QED) is 0.855. The van der Waals surface area contributed by atoms with Crippen molar-refractivity contribution in [1.82, 2.24) is 0 Å². The van der Waals surface area contributed by atoms with Crippen molar-refractivity contribution < 1.29 is 0 Å². The van der Waals surface area contributed by atoms with Gasteiger partial charge in [-0.15, -0.1) is 0 Å². The Morgan fingerprint density at radius 3 is 2.10 bits per heavy atom. The molecule has 1 heteroatoms. The summed E-state index contributed by atoms with van der Waals surface area (Å²) >= 11 is 0. The lowest BCUT2D eigenvalue weighted by Crippen LogP contribution is -2.46. The van der Waals surface area contributed by atoms with Gasteiger partial charge in [0.2, 0.25) is 0 Å². The second kappa shape index (κ2) is 5.28. The van der Waals surface area contributed by atoms with Crippen LogP contribution in [0.3, 0.4) is 0 Å². The van der Waals surface area contributed by atoms with Crippen molar-refractivity contribution in [3.05, 3.63) is 42.0 Å². The van der Waals surface area contributed by atoms with E-state index >= 15 is 0 Å². The van der Waals surface area contributed by atoms with E-state index in [9.17, 15) is 0 Å². The lowest BCUT2D eigenvalue weighted by atomic mass is 9.47. The first-order valence-electron chi connectivity index (χ1n) is 8.75. The van der Waals surface area contributed by atoms with Crippen LogP contribution in [0.5, 0.6) is 0 Å². The Bertz CT molecular complexity index is 493. The van der Waals surface area contributed by atoms with Gasteiger partial charge in [-0.05, 0) is 85.8 Å². The molecule has 1 aromatic rings. The van der Waals surface area contributed by atoms with Gasteiger partial charge >= 0.3 is 0 Å². The van der Waals surface area contributed by atoms with Crippen molar-refractivity contribution in [2.75, 3.05) is 6.54 Å². The van der Waals surface area contributed by atoms with Crippen LogP contribution < -0.4 is 5.73 Å². The number of hydrogen-bond acceptors (Lipinski definition) is 1. The van der Waals surface area contributed by atoms with Gasteiger partial charge in [-0.25, -0.2) is 0 Å². The Hall–Kier alpha value is -1.08. The molecule has 21 heavy (non-hydrogen) atoms. The van der Waals surface area contributed by atoms with Crippen LogP contribution in [0.1, 0.15) is 50.5 Å². The van der Waals surface area contributed by atoms with Crippen molar-refractivity contribution >= 4 is 5.57 Å². The van der Waals surface area contributed by atoms with E-state index in [2.05, 4.69) is 36.4 Å². The fourth-order valence-electron chi connectivity index (χ4n) is 5.93. The van der Waals surface area contributed by atoms with Crippen LogP contribution in [0.2, 0.25) is 0 Å². The maximum atomic E-state index is 5.80. The van der Waals surface area contributed by atoms with Crippen molar-refractivity contribution in [3.8, 4) is 0 Å². The highest BCUT2D eigenvalue weighted by Gasteiger charge is 2.52. The molecule has 2 N–H and O–H groups in total. The van der Waals surface area contributed by atoms with E-state index in [1.165, 1.54) is 44.1 Å². The molecule has 1 nitrogen and oxygen atoms in total. The molecule has 0 amide bonds. The monoisotopic (exact) mass is 281 g/mol. The van der Waals surface area contributed by atoms with Gasteiger partial charge in [0.15, 0.2) is 0 Å². The highest BCUT2D eigenvalue weighted by molar-refractivity contribution is 5.71. The highest BCUT2D eigenvalue weighted by Crippen LogP contribution is 2.64. The molecule has 4 aliphatic carbocycles. The predicted molar refractivity (Wildman–Crippen MR) is 88.7 cm³/mol. The molecule has 0 unspecified atom stereocenters.